The minimum Gasteiger partial charge on any atom is -0.549 e. The molecular weight excluding hydrogens is 458 g/mol. The molecule has 34 heavy (non-hydrogen) atoms. The van der Waals surface area contributed by atoms with Gasteiger partial charge in [-0.25, -0.2) is 4.39 Å². The van der Waals surface area contributed by atoms with Gasteiger partial charge in [0.1, 0.15) is 5.75 Å². The van der Waals surface area contributed by atoms with Gasteiger partial charge in [0.15, 0.2) is 11.6 Å². The van der Waals surface area contributed by atoms with Crippen molar-refractivity contribution in [1.82, 2.24) is 4.57 Å². The van der Waals surface area contributed by atoms with E-state index in [4.69, 9.17) is 4.74 Å². The lowest BCUT2D eigenvalue weighted by Crippen LogP contribution is -2.37. The van der Waals surface area contributed by atoms with Gasteiger partial charge in [-0.1, -0.05) is 6.42 Å². The zero-order valence-electron chi connectivity index (χ0n) is 18.2. The van der Waals surface area contributed by atoms with Crippen molar-refractivity contribution in [2.24, 2.45) is 5.92 Å². The second-order valence-corrected chi connectivity index (χ2v) is 8.20. The number of carboxylic acids is 1. The highest BCUT2D eigenvalue weighted by Gasteiger charge is 2.35. The Balaban J connectivity index is 1.87. The molecule has 1 aromatic heterocycles. The van der Waals surface area contributed by atoms with E-state index in [0.29, 0.717) is 23.8 Å². The van der Waals surface area contributed by atoms with Crippen molar-refractivity contribution in [3.8, 4) is 11.5 Å². The second-order valence-electron chi connectivity index (χ2n) is 8.20. The van der Waals surface area contributed by atoms with Gasteiger partial charge in [-0.3, -0.25) is 9.36 Å². The van der Waals surface area contributed by atoms with E-state index in [0.717, 1.165) is 36.8 Å². The number of carbonyl (C=O) groups is 2. The number of aliphatic carboxylic acids is 1. The highest BCUT2D eigenvalue weighted by molar-refractivity contribution is 6.05. The Morgan fingerprint density at radius 2 is 1.79 bits per heavy atom. The number of benzene rings is 2. The summed E-state index contributed by atoms with van der Waals surface area (Å²) < 4.78 is 62.0. The summed E-state index contributed by atoms with van der Waals surface area (Å²) in [5.74, 6) is -4.53. The first kappa shape index (κ1) is 23.6. The molecule has 1 aliphatic rings. The van der Waals surface area contributed by atoms with Gasteiger partial charge >= 0.3 is 6.36 Å². The molecule has 4 rings (SSSR count). The van der Waals surface area contributed by atoms with Crippen LogP contribution in [-0.4, -0.2) is 29.9 Å². The second kappa shape index (κ2) is 8.66. The Bertz CT molecular complexity index is 1260. The third-order valence-corrected chi connectivity index (χ3v) is 6.25. The van der Waals surface area contributed by atoms with Crippen molar-refractivity contribution >= 4 is 22.8 Å². The number of carbonyl (C=O) groups excluding carboxylic acids is 2. The fourth-order valence-electron chi connectivity index (χ4n) is 4.50. The van der Waals surface area contributed by atoms with E-state index in [1.807, 2.05) is 0 Å². The van der Waals surface area contributed by atoms with Crippen LogP contribution in [0.15, 0.2) is 36.4 Å². The largest absolute Gasteiger partial charge is 0.573 e. The van der Waals surface area contributed by atoms with Gasteiger partial charge in [-0.05, 0) is 61.6 Å². The molecule has 2 aromatic carbocycles. The Morgan fingerprint density at radius 1 is 1.15 bits per heavy atom. The summed E-state index contributed by atoms with van der Waals surface area (Å²) in [6, 6.07) is 6.71. The Morgan fingerprint density at radius 3 is 2.29 bits per heavy atom. The number of halogens is 4. The van der Waals surface area contributed by atoms with Gasteiger partial charge in [-0.15, -0.1) is 13.2 Å². The highest BCUT2D eigenvalue weighted by atomic mass is 19.4. The average molecular weight is 478 g/mol. The maximum Gasteiger partial charge on any atom is 0.573 e. The van der Waals surface area contributed by atoms with Crippen LogP contribution < -0.4 is 14.6 Å². The predicted octanol–water partition coefficient (Wildman–Crippen LogP) is 4.32. The number of rotatable bonds is 6. The van der Waals surface area contributed by atoms with Gasteiger partial charge in [0.2, 0.25) is 0 Å². The van der Waals surface area contributed by atoms with Crippen LogP contribution >= 0.6 is 0 Å². The zero-order valence-corrected chi connectivity index (χ0v) is 18.2. The Labute approximate surface area is 191 Å². The molecule has 1 atom stereocenters. The van der Waals surface area contributed by atoms with Crippen molar-refractivity contribution in [2.45, 2.75) is 38.5 Å². The summed E-state index contributed by atoms with van der Waals surface area (Å²) in [5, 5.41) is 12.5. The molecular formula is C24H20F4NO5-. The molecule has 1 saturated carbocycles. The average Bonchev–Trinajstić information content (AvgIpc) is 2.99. The normalized spacial score (nSPS) is 15.1. The van der Waals surface area contributed by atoms with E-state index < -0.39 is 35.7 Å². The van der Waals surface area contributed by atoms with Crippen LogP contribution in [0.4, 0.5) is 17.6 Å². The topological polar surface area (TPSA) is 80.6 Å². The summed E-state index contributed by atoms with van der Waals surface area (Å²) in [4.78, 5) is 25.5. The van der Waals surface area contributed by atoms with Crippen LogP contribution in [0.3, 0.4) is 0 Å². The lowest BCUT2D eigenvalue weighted by atomic mass is 9.72. The molecule has 0 aliphatic heterocycles. The molecule has 3 aromatic rings. The van der Waals surface area contributed by atoms with E-state index in [1.165, 1.54) is 17.7 Å². The van der Waals surface area contributed by atoms with E-state index in [1.54, 1.807) is 6.92 Å². The highest BCUT2D eigenvalue weighted by Crippen LogP contribution is 2.44. The molecule has 0 amide bonds. The van der Waals surface area contributed by atoms with Crippen LogP contribution in [0.2, 0.25) is 0 Å². The van der Waals surface area contributed by atoms with Crippen molar-refractivity contribution in [2.75, 3.05) is 7.11 Å². The van der Waals surface area contributed by atoms with Crippen LogP contribution in [0.25, 0.3) is 10.9 Å². The fourth-order valence-corrected chi connectivity index (χ4v) is 4.50. The minimum absolute atomic E-state index is 0.00550. The van der Waals surface area contributed by atoms with Crippen molar-refractivity contribution in [3.05, 3.63) is 59.0 Å². The van der Waals surface area contributed by atoms with Crippen molar-refractivity contribution in [3.63, 3.8) is 0 Å². The molecule has 180 valence electrons. The first-order valence-electron chi connectivity index (χ1n) is 10.5. The van der Waals surface area contributed by atoms with Crippen LogP contribution in [0.5, 0.6) is 11.5 Å². The smallest absolute Gasteiger partial charge is 0.549 e. The third kappa shape index (κ3) is 4.20. The number of hydrogen-bond donors (Lipinski definition) is 0. The summed E-state index contributed by atoms with van der Waals surface area (Å²) >= 11 is 0. The Kier molecular flexibility index (Phi) is 6.01. The maximum atomic E-state index is 14.6. The number of ether oxygens (including phenoxy) is 2. The van der Waals surface area contributed by atoms with Crippen LogP contribution in [0.1, 0.15) is 46.8 Å². The standard InChI is InChI=1S/C24H21F4NO5/c1-12-20(21(23(31)32)13-4-3-5-13)16-10-19(33-2)17(25)11-18(16)29(12)22(30)14-6-8-15(9-7-14)34-24(26,27)28/h6-11,13,21H,3-5H2,1-2H3,(H,31,32)/p-1. The lowest BCUT2D eigenvalue weighted by molar-refractivity contribution is -0.310. The zero-order chi connectivity index (χ0) is 24.8. The van der Waals surface area contributed by atoms with Crippen molar-refractivity contribution < 1.29 is 41.7 Å². The van der Waals surface area contributed by atoms with Gasteiger partial charge in [-0.2, -0.15) is 0 Å². The molecule has 0 N–H and O–H groups in total. The molecule has 6 nitrogen and oxygen atoms in total. The summed E-state index contributed by atoms with van der Waals surface area (Å²) in [5.41, 5.74) is 0.746. The van der Waals surface area contributed by atoms with Crippen LogP contribution in [-0.2, 0) is 4.79 Å². The Hall–Kier alpha value is -3.56. The minimum atomic E-state index is -4.88. The molecule has 1 fully saturated rings. The number of carboxylic acid groups (broad SMARTS) is 1. The number of methoxy groups -OCH3 is 1. The first-order chi connectivity index (χ1) is 16.0. The quantitative estimate of drug-likeness (QED) is 0.493. The van der Waals surface area contributed by atoms with E-state index in [2.05, 4.69) is 4.74 Å². The number of hydrogen-bond acceptors (Lipinski definition) is 5. The fraction of sp³-hybridized carbons (Fsp3) is 0.333. The van der Waals surface area contributed by atoms with Gasteiger partial charge in [0, 0.05) is 34.6 Å². The van der Waals surface area contributed by atoms with E-state index in [9.17, 15) is 32.3 Å². The van der Waals surface area contributed by atoms with Gasteiger partial charge in [0.05, 0.1) is 12.6 Å². The van der Waals surface area contributed by atoms with Crippen molar-refractivity contribution in [1.29, 1.82) is 0 Å². The molecule has 10 heteroatoms. The molecule has 0 bridgehead atoms. The molecule has 1 aliphatic carbocycles. The molecule has 1 heterocycles. The molecule has 0 radical (unpaired) electrons. The lowest BCUT2D eigenvalue weighted by Gasteiger charge is -2.35. The molecule has 1 unspecified atom stereocenters. The maximum absolute atomic E-state index is 14.6. The summed E-state index contributed by atoms with van der Waals surface area (Å²) in [7, 11) is 1.27. The van der Waals surface area contributed by atoms with E-state index in [-0.39, 0.29) is 28.4 Å². The summed E-state index contributed by atoms with van der Waals surface area (Å²) in [6.45, 7) is 1.55. The van der Waals surface area contributed by atoms with E-state index >= 15 is 0 Å². The van der Waals surface area contributed by atoms with Crippen LogP contribution in [0, 0.1) is 18.7 Å². The summed E-state index contributed by atoms with van der Waals surface area (Å²) in [6.07, 6.45) is -2.66. The molecule has 0 saturated heterocycles. The SMILES string of the molecule is COc1cc2c(C(C(=O)[O-])C3CCC3)c(C)n(C(=O)c3ccc(OC(F)(F)F)cc3)c2cc1F. The predicted molar refractivity (Wildman–Crippen MR) is 111 cm³/mol. The number of fused-ring (bicyclic) bond motifs is 1. The third-order valence-electron chi connectivity index (χ3n) is 6.25. The molecule has 0 spiro atoms. The van der Waals surface area contributed by atoms with Gasteiger partial charge < -0.3 is 19.4 Å². The number of aromatic nitrogens is 1. The number of alkyl halides is 3. The van der Waals surface area contributed by atoms with Gasteiger partial charge in [0.25, 0.3) is 5.91 Å². The first-order valence-corrected chi connectivity index (χ1v) is 10.5. The number of nitrogens with zero attached hydrogens (tertiary/aromatic N) is 1. The monoisotopic (exact) mass is 478 g/mol.